The highest BCUT2D eigenvalue weighted by Crippen LogP contribution is 2.12. The SMILES string of the molecule is CC=C[N+](CCOCCOC)(CCOCCOC)CCOCCOC.CC=C[N+](CCOCCOC)(CCOCCOC)CCOCCOC.CC=C[N+](CCOCCOC)(CCOCCOC)CCOCCOC.[Br-].[Br-].[Br-]. The number of hydrogen-bond donors (Lipinski definition) is 0. The van der Waals surface area contributed by atoms with E-state index in [2.05, 4.69) is 36.8 Å². The van der Waals surface area contributed by atoms with Gasteiger partial charge in [0.05, 0.1) is 197 Å². The van der Waals surface area contributed by atoms with Gasteiger partial charge in [-0.05, 0) is 39.0 Å². The summed E-state index contributed by atoms with van der Waals surface area (Å²) in [5.41, 5.74) is 0. The molecule has 0 aromatic carbocycles. The molecular weight excluding hydrogens is 1220 g/mol. The Labute approximate surface area is 506 Å². The molecule has 0 fully saturated rings. The molecule has 0 aromatic heterocycles. The van der Waals surface area contributed by atoms with Gasteiger partial charge in [0.15, 0.2) is 0 Å². The van der Waals surface area contributed by atoms with Crippen molar-refractivity contribution in [2.75, 3.05) is 301 Å². The van der Waals surface area contributed by atoms with Crippen LogP contribution in [0.25, 0.3) is 0 Å². The normalized spacial score (nSPS) is 11.8. The first-order chi connectivity index (χ1) is 36.7. The lowest BCUT2D eigenvalue weighted by Gasteiger charge is -2.35. The minimum Gasteiger partial charge on any atom is -1.00 e. The number of methoxy groups -OCH3 is 9. The third kappa shape index (κ3) is 60.4. The maximum absolute atomic E-state index is 5.67. The molecule has 0 saturated heterocycles. The van der Waals surface area contributed by atoms with Crippen LogP contribution in [0.4, 0.5) is 0 Å². The van der Waals surface area contributed by atoms with Gasteiger partial charge in [-0.2, -0.15) is 0 Å². The second-order valence-corrected chi connectivity index (χ2v) is 17.1. The zero-order valence-electron chi connectivity index (χ0n) is 50.7. The third-order valence-electron chi connectivity index (χ3n) is 11.4. The second kappa shape index (κ2) is 72.9. The molecule has 0 spiro atoms. The first kappa shape index (κ1) is 89.0. The molecule has 474 valence electrons. The number of quaternary nitrogens is 3. The van der Waals surface area contributed by atoms with E-state index >= 15 is 0 Å². The van der Waals surface area contributed by atoms with Crippen LogP contribution in [-0.4, -0.2) is 315 Å². The van der Waals surface area contributed by atoms with Crippen molar-refractivity contribution in [1.29, 1.82) is 0 Å². The Morgan fingerprint density at radius 2 is 0.308 bits per heavy atom. The largest absolute Gasteiger partial charge is 1.00 e. The lowest BCUT2D eigenvalue weighted by atomic mass is 10.3. The van der Waals surface area contributed by atoms with Crippen LogP contribution in [0, 0.1) is 0 Å². The molecule has 0 aliphatic carbocycles. The zero-order chi connectivity index (χ0) is 55.9. The van der Waals surface area contributed by atoms with Gasteiger partial charge in [-0.3, -0.25) is 13.4 Å². The highest BCUT2D eigenvalue weighted by molar-refractivity contribution is 4.71. The number of rotatable bonds is 57. The highest BCUT2D eigenvalue weighted by atomic mass is 79.9. The molecule has 0 aliphatic rings. The van der Waals surface area contributed by atoms with Crippen LogP contribution in [0.2, 0.25) is 0 Å². The minimum atomic E-state index is 0. The number of ether oxygens (including phenoxy) is 18. The Morgan fingerprint density at radius 3 is 0.397 bits per heavy atom. The predicted octanol–water partition coefficient (Wildman–Crippen LogP) is -5.01. The smallest absolute Gasteiger partial charge is 0.107 e. The molecule has 0 heterocycles. The summed E-state index contributed by atoms with van der Waals surface area (Å²) in [4.78, 5) is 0. The Kier molecular flexibility index (Phi) is 83.2. The summed E-state index contributed by atoms with van der Waals surface area (Å²) in [7, 11) is 15.1. The van der Waals surface area contributed by atoms with E-state index in [-0.39, 0.29) is 50.9 Å². The molecule has 0 bridgehead atoms. The fourth-order valence-electron chi connectivity index (χ4n) is 7.04. The van der Waals surface area contributed by atoms with Crippen molar-refractivity contribution >= 4 is 0 Å². The topological polar surface area (TPSA) is 166 Å². The molecule has 0 amide bonds. The molecule has 0 N–H and O–H groups in total. The molecule has 0 aromatic rings. The van der Waals surface area contributed by atoms with E-state index in [0.717, 1.165) is 72.4 Å². The average molecular weight is 1330 g/mol. The lowest BCUT2D eigenvalue weighted by molar-refractivity contribution is -0.881. The van der Waals surface area contributed by atoms with Crippen molar-refractivity contribution in [3.8, 4) is 0 Å². The van der Waals surface area contributed by atoms with Gasteiger partial charge in [-0.15, -0.1) is 0 Å². The van der Waals surface area contributed by atoms with Crippen molar-refractivity contribution in [2.24, 2.45) is 0 Å². The van der Waals surface area contributed by atoms with E-state index in [9.17, 15) is 0 Å². The summed E-state index contributed by atoms with van der Waals surface area (Å²) in [5.74, 6) is 0. The third-order valence-corrected chi connectivity index (χ3v) is 11.4. The van der Waals surface area contributed by atoms with E-state index in [1.54, 1.807) is 64.0 Å². The van der Waals surface area contributed by atoms with Crippen LogP contribution < -0.4 is 50.9 Å². The quantitative estimate of drug-likeness (QED) is 0.0420. The summed E-state index contributed by atoms with van der Waals surface area (Å²) >= 11 is 0. The molecule has 78 heavy (non-hydrogen) atoms. The van der Waals surface area contributed by atoms with Crippen molar-refractivity contribution in [2.45, 2.75) is 20.8 Å². The van der Waals surface area contributed by atoms with Gasteiger partial charge in [0.2, 0.25) is 0 Å². The summed E-state index contributed by atoms with van der Waals surface area (Å²) in [6, 6.07) is 0. The van der Waals surface area contributed by atoms with Gasteiger partial charge >= 0.3 is 0 Å². The van der Waals surface area contributed by atoms with Crippen LogP contribution >= 0.6 is 0 Å². The van der Waals surface area contributed by atoms with Crippen LogP contribution in [0.5, 0.6) is 0 Å². The monoisotopic (exact) mass is 1330 g/mol. The summed E-state index contributed by atoms with van der Waals surface area (Å²) in [6.07, 6.45) is 12.9. The van der Waals surface area contributed by atoms with Gasteiger partial charge < -0.3 is 136 Å². The van der Waals surface area contributed by atoms with E-state index in [0.29, 0.717) is 178 Å². The fraction of sp³-hybridized carbons (Fsp3) is 0.889. The Hall–Kier alpha value is -0.180. The Balaban J connectivity index is -0.000000245. The maximum Gasteiger partial charge on any atom is 0.107 e. The van der Waals surface area contributed by atoms with Crippen LogP contribution in [0.1, 0.15) is 20.8 Å². The molecule has 21 nitrogen and oxygen atoms in total. The van der Waals surface area contributed by atoms with Crippen molar-refractivity contribution in [1.82, 2.24) is 0 Å². The van der Waals surface area contributed by atoms with Crippen LogP contribution in [0.15, 0.2) is 36.8 Å². The molecule has 0 unspecified atom stereocenters. The fourth-order valence-corrected chi connectivity index (χ4v) is 7.04. The van der Waals surface area contributed by atoms with Crippen molar-refractivity contribution in [3.63, 3.8) is 0 Å². The predicted molar refractivity (Wildman–Crippen MR) is 293 cm³/mol. The summed E-state index contributed by atoms with van der Waals surface area (Å²) < 4.78 is 98.5. The minimum absolute atomic E-state index is 0. The first-order valence-corrected chi connectivity index (χ1v) is 26.8. The standard InChI is InChI=1S/3C18H38NO6.3BrH/c3*1-5-6-19(7-10-23-16-13-20-2,8-11-24-17-14-21-3)9-12-25-18-15-22-4;;;/h3*5-6H,7-18H2,1-4H3;3*1H/q3*+1;;;/p-3. The average Bonchev–Trinajstić information content (AvgIpc) is 3.41. The van der Waals surface area contributed by atoms with Gasteiger partial charge in [-0.25, -0.2) is 0 Å². The Morgan fingerprint density at radius 1 is 0.192 bits per heavy atom. The highest BCUT2D eigenvalue weighted by Gasteiger charge is 2.27. The van der Waals surface area contributed by atoms with E-state index in [4.69, 9.17) is 85.3 Å². The molecular formula is C54H114Br3N3O18. The molecule has 0 rings (SSSR count). The van der Waals surface area contributed by atoms with E-state index < -0.39 is 0 Å². The molecule has 0 aliphatic heterocycles. The van der Waals surface area contributed by atoms with Crippen LogP contribution in [0.3, 0.4) is 0 Å². The summed E-state index contributed by atoms with van der Waals surface area (Å²) in [6.45, 7) is 31.0. The van der Waals surface area contributed by atoms with Gasteiger partial charge in [-0.1, -0.05) is 0 Å². The molecule has 0 atom stereocenters. The first-order valence-electron chi connectivity index (χ1n) is 26.8. The van der Waals surface area contributed by atoms with Gasteiger partial charge in [0.25, 0.3) is 0 Å². The zero-order valence-corrected chi connectivity index (χ0v) is 55.5. The van der Waals surface area contributed by atoms with Crippen LogP contribution in [-0.2, 0) is 85.3 Å². The van der Waals surface area contributed by atoms with Crippen molar-refractivity contribution in [3.05, 3.63) is 36.8 Å². The lowest BCUT2D eigenvalue weighted by Crippen LogP contribution is -3.00. The molecule has 0 saturated carbocycles. The number of halogens is 3. The van der Waals surface area contributed by atoms with Gasteiger partial charge in [0.1, 0.15) is 58.9 Å². The van der Waals surface area contributed by atoms with E-state index in [1.165, 1.54) is 0 Å². The van der Waals surface area contributed by atoms with Crippen molar-refractivity contribution < 1.29 is 150 Å². The number of allylic oxidation sites excluding steroid dienone is 3. The second-order valence-electron chi connectivity index (χ2n) is 17.1. The van der Waals surface area contributed by atoms with E-state index in [1.807, 2.05) is 20.8 Å². The maximum atomic E-state index is 5.67. The molecule has 0 radical (unpaired) electrons. The van der Waals surface area contributed by atoms with Gasteiger partial charge in [0, 0.05) is 64.0 Å². The summed E-state index contributed by atoms with van der Waals surface area (Å²) in [5, 5.41) is 0. The number of hydrogen-bond acceptors (Lipinski definition) is 18. The Bertz CT molecular complexity index is 952. The number of nitrogens with zero attached hydrogens (tertiary/aromatic N) is 3. The molecule has 24 heteroatoms.